The summed E-state index contributed by atoms with van der Waals surface area (Å²) in [6, 6.07) is 4.89. The van der Waals surface area contributed by atoms with Gasteiger partial charge in [-0.2, -0.15) is 0 Å². The van der Waals surface area contributed by atoms with E-state index in [0.717, 1.165) is 6.42 Å². The first-order chi connectivity index (χ1) is 7.78. The Bertz CT molecular complexity index is 387. The maximum Gasteiger partial charge on any atom is 0.251 e. The fourth-order valence-electron chi connectivity index (χ4n) is 1.46. The van der Waals surface area contributed by atoms with Crippen LogP contribution in [0.15, 0.2) is 18.2 Å². The van der Waals surface area contributed by atoms with Crippen molar-refractivity contribution in [2.75, 3.05) is 18.0 Å². The molecule has 0 atom stereocenters. The lowest BCUT2D eigenvalue weighted by Crippen LogP contribution is -2.27. The van der Waals surface area contributed by atoms with E-state index in [-0.39, 0.29) is 11.3 Å². The van der Waals surface area contributed by atoms with Crippen LogP contribution in [0, 0.1) is 5.41 Å². The summed E-state index contributed by atoms with van der Waals surface area (Å²) in [5.74, 6) is -0.131. The van der Waals surface area contributed by atoms with Gasteiger partial charge in [-0.25, -0.2) is 0 Å². The first-order valence-corrected chi connectivity index (χ1v) is 5.72. The monoisotopic (exact) mass is 235 g/mol. The number of hydrogen-bond acceptors (Lipinski definition) is 3. The second-order valence-corrected chi connectivity index (χ2v) is 5.45. The van der Waals surface area contributed by atoms with Crippen LogP contribution in [0.1, 0.15) is 37.6 Å². The molecule has 4 nitrogen and oxygen atoms in total. The standard InChI is InChI=1S/C13H21N3O/c1-13(2,3)4-5-16-12(17)9-6-10(14)8-11(15)7-9/h6-8H,4-5,14-15H2,1-3H3,(H,16,17). The summed E-state index contributed by atoms with van der Waals surface area (Å²) in [6.45, 7) is 7.06. The van der Waals surface area contributed by atoms with Gasteiger partial charge in [-0.15, -0.1) is 0 Å². The van der Waals surface area contributed by atoms with E-state index in [1.165, 1.54) is 0 Å². The van der Waals surface area contributed by atoms with Gasteiger partial charge in [0.05, 0.1) is 0 Å². The molecule has 0 saturated carbocycles. The Morgan fingerprint density at radius 2 is 1.71 bits per heavy atom. The van der Waals surface area contributed by atoms with Crippen LogP contribution < -0.4 is 16.8 Å². The number of carbonyl (C=O) groups excluding carboxylic acids is 1. The Labute approximate surface area is 102 Å². The van der Waals surface area contributed by atoms with Crippen LogP contribution in [0.25, 0.3) is 0 Å². The molecular weight excluding hydrogens is 214 g/mol. The molecule has 0 aliphatic carbocycles. The van der Waals surface area contributed by atoms with E-state index in [4.69, 9.17) is 11.5 Å². The molecular formula is C13H21N3O. The number of nitrogens with one attached hydrogen (secondary N) is 1. The maximum atomic E-state index is 11.8. The smallest absolute Gasteiger partial charge is 0.251 e. The van der Waals surface area contributed by atoms with E-state index in [0.29, 0.717) is 23.5 Å². The topological polar surface area (TPSA) is 81.1 Å². The van der Waals surface area contributed by atoms with Crippen molar-refractivity contribution >= 4 is 17.3 Å². The summed E-state index contributed by atoms with van der Waals surface area (Å²) < 4.78 is 0. The van der Waals surface area contributed by atoms with Crippen LogP contribution >= 0.6 is 0 Å². The largest absolute Gasteiger partial charge is 0.399 e. The van der Waals surface area contributed by atoms with E-state index in [1.54, 1.807) is 18.2 Å². The number of nitrogens with two attached hydrogens (primary N) is 2. The van der Waals surface area contributed by atoms with Gasteiger partial charge in [0, 0.05) is 23.5 Å². The van der Waals surface area contributed by atoms with Gasteiger partial charge in [-0.3, -0.25) is 4.79 Å². The van der Waals surface area contributed by atoms with Gasteiger partial charge in [-0.05, 0) is 30.0 Å². The van der Waals surface area contributed by atoms with E-state index in [9.17, 15) is 4.79 Å². The normalized spacial score (nSPS) is 11.2. The molecule has 0 aliphatic rings. The molecule has 1 aromatic carbocycles. The highest BCUT2D eigenvalue weighted by Crippen LogP contribution is 2.17. The Hall–Kier alpha value is -1.71. The fraction of sp³-hybridized carbons (Fsp3) is 0.462. The van der Waals surface area contributed by atoms with Crippen LogP contribution in [0.2, 0.25) is 0 Å². The van der Waals surface area contributed by atoms with Crippen LogP contribution in [-0.4, -0.2) is 12.5 Å². The number of nitrogen functional groups attached to an aromatic ring is 2. The summed E-state index contributed by atoms with van der Waals surface area (Å²) in [4.78, 5) is 11.8. The van der Waals surface area contributed by atoms with E-state index in [1.807, 2.05) is 0 Å². The van der Waals surface area contributed by atoms with E-state index >= 15 is 0 Å². The predicted molar refractivity (Wildman–Crippen MR) is 71.7 cm³/mol. The minimum atomic E-state index is -0.131. The van der Waals surface area contributed by atoms with Crippen molar-refractivity contribution in [2.24, 2.45) is 5.41 Å². The van der Waals surface area contributed by atoms with Crippen molar-refractivity contribution in [3.8, 4) is 0 Å². The molecule has 0 saturated heterocycles. The van der Waals surface area contributed by atoms with Gasteiger partial charge >= 0.3 is 0 Å². The van der Waals surface area contributed by atoms with Gasteiger partial charge in [0.1, 0.15) is 0 Å². The molecule has 0 heterocycles. The van der Waals surface area contributed by atoms with Crippen LogP contribution in [0.4, 0.5) is 11.4 Å². The lowest BCUT2D eigenvalue weighted by Gasteiger charge is -2.18. The summed E-state index contributed by atoms with van der Waals surface area (Å²) in [6.07, 6.45) is 0.927. The summed E-state index contributed by atoms with van der Waals surface area (Å²) in [7, 11) is 0. The Kier molecular flexibility index (Phi) is 3.99. The number of hydrogen-bond donors (Lipinski definition) is 3. The number of benzene rings is 1. The fourth-order valence-corrected chi connectivity index (χ4v) is 1.46. The summed E-state index contributed by atoms with van der Waals surface area (Å²) in [5, 5.41) is 2.86. The zero-order valence-corrected chi connectivity index (χ0v) is 10.7. The van der Waals surface area contributed by atoms with Crippen molar-refractivity contribution in [1.82, 2.24) is 5.32 Å². The second kappa shape index (κ2) is 5.08. The molecule has 1 rings (SSSR count). The van der Waals surface area contributed by atoms with Crippen LogP contribution in [-0.2, 0) is 0 Å². The Morgan fingerprint density at radius 3 is 2.18 bits per heavy atom. The summed E-state index contributed by atoms with van der Waals surface area (Å²) in [5.41, 5.74) is 13.0. The predicted octanol–water partition coefficient (Wildman–Crippen LogP) is 2.02. The van der Waals surface area contributed by atoms with Gasteiger partial charge < -0.3 is 16.8 Å². The lowest BCUT2D eigenvalue weighted by molar-refractivity contribution is 0.0949. The summed E-state index contributed by atoms with van der Waals surface area (Å²) >= 11 is 0. The molecule has 0 spiro atoms. The molecule has 1 aromatic rings. The molecule has 0 unspecified atom stereocenters. The van der Waals surface area contributed by atoms with Crippen molar-refractivity contribution in [3.05, 3.63) is 23.8 Å². The average molecular weight is 235 g/mol. The first kappa shape index (κ1) is 13.4. The number of anilines is 2. The van der Waals surface area contributed by atoms with Gasteiger partial charge in [0.15, 0.2) is 0 Å². The Morgan fingerprint density at radius 1 is 1.18 bits per heavy atom. The van der Waals surface area contributed by atoms with E-state index < -0.39 is 0 Å². The second-order valence-electron chi connectivity index (χ2n) is 5.45. The van der Waals surface area contributed by atoms with Crippen molar-refractivity contribution in [2.45, 2.75) is 27.2 Å². The molecule has 5 N–H and O–H groups in total. The van der Waals surface area contributed by atoms with Crippen molar-refractivity contribution < 1.29 is 4.79 Å². The Balaban J connectivity index is 2.58. The third-order valence-electron chi connectivity index (χ3n) is 2.40. The molecule has 94 valence electrons. The molecule has 17 heavy (non-hydrogen) atoms. The molecule has 0 bridgehead atoms. The third kappa shape index (κ3) is 4.76. The van der Waals surface area contributed by atoms with Crippen molar-refractivity contribution in [1.29, 1.82) is 0 Å². The number of amides is 1. The van der Waals surface area contributed by atoms with E-state index in [2.05, 4.69) is 26.1 Å². The first-order valence-electron chi connectivity index (χ1n) is 5.72. The quantitative estimate of drug-likeness (QED) is 0.701. The number of carbonyl (C=O) groups is 1. The van der Waals surface area contributed by atoms with Crippen LogP contribution in [0.3, 0.4) is 0 Å². The molecule has 0 fully saturated rings. The molecule has 1 amide bonds. The molecule has 4 heteroatoms. The highest BCUT2D eigenvalue weighted by Gasteiger charge is 2.11. The minimum Gasteiger partial charge on any atom is -0.399 e. The van der Waals surface area contributed by atoms with Crippen LogP contribution in [0.5, 0.6) is 0 Å². The van der Waals surface area contributed by atoms with Crippen molar-refractivity contribution in [3.63, 3.8) is 0 Å². The molecule has 0 aliphatic heterocycles. The lowest BCUT2D eigenvalue weighted by atomic mass is 9.92. The SMILES string of the molecule is CC(C)(C)CCNC(=O)c1cc(N)cc(N)c1. The zero-order valence-electron chi connectivity index (χ0n) is 10.7. The third-order valence-corrected chi connectivity index (χ3v) is 2.40. The van der Waals surface area contributed by atoms with Gasteiger partial charge in [0.25, 0.3) is 5.91 Å². The highest BCUT2D eigenvalue weighted by molar-refractivity contribution is 5.96. The van der Waals surface area contributed by atoms with Gasteiger partial charge in [0.2, 0.25) is 0 Å². The maximum absolute atomic E-state index is 11.8. The average Bonchev–Trinajstić information content (AvgIpc) is 2.13. The minimum absolute atomic E-state index is 0.131. The highest BCUT2D eigenvalue weighted by atomic mass is 16.1. The molecule has 0 radical (unpaired) electrons. The van der Waals surface area contributed by atoms with Gasteiger partial charge in [-0.1, -0.05) is 20.8 Å². The molecule has 0 aromatic heterocycles. The zero-order chi connectivity index (χ0) is 13.1. The number of rotatable bonds is 3.